The summed E-state index contributed by atoms with van der Waals surface area (Å²) < 4.78 is 7.09. The van der Waals surface area contributed by atoms with Crippen LogP contribution in [-0.4, -0.2) is 18.6 Å². The van der Waals surface area contributed by atoms with Gasteiger partial charge >= 0.3 is 0 Å². The molecule has 4 heteroatoms. The van der Waals surface area contributed by atoms with Gasteiger partial charge in [-0.15, -0.1) is 6.58 Å². The SMILES string of the molecule is C=CCN1C(=O)C2(CC(C)=C[C@@H](C)O2)c2c(Br)cccc21. The topological polar surface area (TPSA) is 29.5 Å². The average Bonchev–Trinajstić information content (AvgIpc) is 2.62. The summed E-state index contributed by atoms with van der Waals surface area (Å²) in [5.41, 5.74) is 2.13. The van der Waals surface area contributed by atoms with Crippen LogP contribution in [0.1, 0.15) is 25.8 Å². The Morgan fingerprint density at radius 1 is 1.57 bits per heavy atom. The quantitative estimate of drug-likeness (QED) is 0.758. The summed E-state index contributed by atoms with van der Waals surface area (Å²) in [5.74, 6) is 0.00333. The molecule has 0 fully saturated rings. The molecule has 1 amide bonds. The molecule has 3 nitrogen and oxygen atoms in total. The van der Waals surface area contributed by atoms with Gasteiger partial charge in [0.25, 0.3) is 5.91 Å². The van der Waals surface area contributed by atoms with Crippen molar-refractivity contribution in [3.8, 4) is 0 Å². The zero-order valence-electron chi connectivity index (χ0n) is 12.2. The highest BCUT2D eigenvalue weighted by molar-refractivity contribution is 9.10. The highest BCUT2D eigenvalue weighted by atomic mass is 79.9. The van der Waals surface area contributed by atoms with Gasteiger partial charge in [-0.25, -0.2) is 0 Å². The van der Waals surface area contributed by atoms with Crippen LogP contribution in [0, 0.1) is 0 Å². The summed E-state index contributed by atoms with van der Waals surface area (Å²) >= 11 is 3.60. The first-order chi connectivity index (χ1) is 9.99. The van der Waals surface area contributed by atoms with Crippen LogP contribution in [0.15, 0.2) is 47.0 Å². The molecule has 110 valence electrons. The second-order valence-electron chi connectivity index (χ2n) is 5.68. The molecule has 0 N–H and O–H groups in total. The second-order valence-corrected chi connectivity index (χ2v) is 6.53. The maximum absolute atomic E-state index is 13.1. The maximum Gasteiger partial charge on any atom is 0.264 e. The zero-order chi connectivity index (χ0) is 15.2. The van der Waals surface area contributed by atoms with Crippen LogP contribution in [-0.2, 0) is 15.1 Å². The van der Waals surface area contributed by atoms with Gasteiger partial charge in [-0.2, -0.15) is 0 Å². The van der Waals surface area contributed by atoms with Crippen LogP contribution < -0.4 is 4.90 Å². The molecule has 1 aromatic carbocycles. The number of amides is 1. The normalized spacial score (nSPS) is 27.8. The summed E-state index contributed by atoms with van der Waals surface area (Å²) in [5, 5.41) is 0. The Balaban J connectivity index is 2.21. The highest BCUT2D eigenvalue weighted by Gasteiger charge is 2.54. The monoisotopic (exact) mass is 347 g/mol. The van der Waals surface area contributed by atoms with E-state index in [9.17, 15) is 4.79 Å². The molecule has 0 aliphatic carbocycles. The molecule has 0 bridgehead atoms. The minimum atomic E-state index is -0.906. The first-order valence-electron chi connectivity index (χ1n) is 7.06. The van der Waals surface area contributed by atoms with E-state index in [-0.39, 0.29) is 12.0 Å². The lowest BCUT2D eigenvalue weighted by Gasteiger charge is -2.35. The van der Waals surface area contributed by atoms with Crippen LogP contribution in [0.4, 0.5) is 5.69 Å². The predicted octanol–water partition coefficient (Wildman–Crippen LogP) is 3.93. The molecule has 21 heavy (non-hydrogen) atoms. The zero-order valence-corrected chi connectivity index (χ0v) is 13.8. The number of hydrogen-bond acceptors (Lipinski definition) is 2. The van der Waals surface area contributed by atoms with E-state index in [4.69, 9.17) is 4.74 Å². The van der Waals surface area contributed by atoms with E-state index >= 15 is 0 Å². The predicted molar refractivity (Wildman–Crippen MR) is 87.3 cm³/mol. The van der Waals surface area contributed by atoms with Crippen LogP contribution in [0.5, 0.6) is 0 Å². The molecule has 2 atom stereocenters. The summed E-state index contributed by atoms with van der Waals surface area (Å²) in [6.45, 7) is 8.28. The van der Waals surface area contributed by atoms with Crippen LogP contribution in [0.3, 0.4) is 0 Å². The lowest BCUT2D eigenvalue weighted by molar-refractivity contribution is -0.150. The number of anilines is 1. The van der Waals surface area contributed by atoms with Gasteiger partial charge in [0.1, 0.15) is 0 Å². The smallest absolute Gasteiger partial charge is 0.264 e. The van der Waals surface area contributed by atoms with E-state index in [2.05, 4.69) is 35.5 Å². The molecule has 0 radical (unpaired) electrons. The van der Waals surface area contributed by atoms with Gasteiger partial charge in [-0.05, 0) is 26.0 Å². The highest BCUT2D eigenvalue weighted by Crippen LogP contribution is 2.51. The van der Waals surface area contributed by atoms with Crippen molar-refractivity contribution in [3.63, 3.8) is 0 Å². The number of rotatable bonds is 2. The van der Waals surface area contributed by atoms with Gasteiger partial charge in [0.15, 0.2) is 5.60 Å². The van der Waals surface area contributed by atoms with Crippen molar-refractivity contribution in [1.82, 2.24) is 0 Å². The third kappa shape index (κ3) is 2.09. The van der Waals surface area contributed by atoms with E-state index in [0.29, 0.717) is 13.0 Å². The molecular weight excluding hydrogens is 330 g/mol. The number of hydrogen-bond donors (Lipinski definition) is 0. The average molecular weight is 348 g/mol. The molecule has 2 aliphatic heterocycles. The number of benzene rings is 1. The van der Waals surface area contributed by atoms with Gasteiger partial charge in [-0.3, -0.25) is 4.79 Å². The first-order valence-corrected chi connectivity index (χ1v) is 7.86. The Hall–Kier alpha value is -1.39. The summed E-state index contributed by atoms with van der Waals surface area (Å²) in [6.07, 6.45) is 4.34. The van der Waals surface area contributed by atoms with Crippen molar-refractivity contribution in [3.05, 3.63) is 52.5 Å². The van der Waals surface area contributed by atoms with E-state index in [0.717, 1.165) is 15.7 Å². The first kappa shape index (κ1) is 14.5. The van der Waals surface area contributed by atoms with Crippen LogP contribution >= 0.6 is 15.9 Å². The van der Waals surface area contributed by atoms with Crippen molar-refractivity contribution in [2.24, 2.45) is 0 Å². The van der Waals surface area contributed by atoms with Crippen molar-refractivity contribution in [1.29, 1.82) is 0 Å². The van der Waals surface area contributed by atoms with Gasteiger partial charge in [0.2, 0.25) is 0 Å². The number of carbonyl (C=O) groups is 1. The fraction of sp³-hybridized carbons (Fsp3) is 0.353. The molecule has 0 saturated heterocycles. The van der Waals surface area contributed by atoms with Crippen LogP contribution in [0.2, 0.25) is 0 Å². The van der Waals surface area contributed by atoms with Gasteiger partial charge in [0.05, 0.1) is 11.8 Å². The fourth-order valence-corrected chi connectivity index (χ4v) is 4.08. The maximum atomic E-state index is 13.1. The molecule has 2 aliphatic rings. The molecular formula is C17H18BrNO2. The number of fused-ring (bicyclic) bond motifs is 2. The molecule has 3 rings (SSSR count). The van der Waals surface area contributed by atoms with Gasteiger partial charge in [-0.1, -0.05) is 39.7 Å². The van der Waals surface area contributed by atoms with Crippen molar-refractivity contribution in [2.45, 2.75) is 32.0 Å². The molecule has 2 heterocycles. The Kier molecular flexibility index (Phi) is 3.54. The Morgan fingerprint density at radius 3 is 3.00 bits per heavy atom. The summed E-state index contributed by atoms with van der Waals surface area (Å²) in [6, 6.07) is 5.88. The van der Waals surface area contributed by atoms with E-state index in [1.807, 2.05) is 25.1 Å². The molecule has 0 aromatic heterocycles. The second kappa shape index (κ2) is 5.11. The van der Waals surface area contributed by atoms with Crippen molar-refractivity contribution >= 4 is 27.5 Å². The van der Waals surface area contributed by atoms with Crippen molar-refractivity contribution in [2.75, 3.05) is 11.4 Å². The number of carbonyl (C=O) groups excluding carboxylic acids is 1. The minimum absolute atomic E-state index is 0.00333. The van der Waals surface area contributed by atoms with Crippen molar-refractivity contribution < 1.29 is 9.53 Å². The molecule has 1 spiro atoms. The minimum Gasteiger partial charge on any atom is -0.353 e. The Labute approximate surface area is 133 Å². The summed E-state index contributed by atoms with van der Waals surface area (Å²) in [4.78, 5) is 14.8. The van der Waals surface area contributed by atoms with Gasteiger partial charge in [0, 0.05) is 23.0 Å². The Morgan fingerprint density at radius 2 is 2.33 bits per heavy atom. The third-order valence-corrected chi connectivity index (χ3v) is 4.68. The lowest BCUT2D eigenvalue weighted by Crippen LogP contribution is -2.46. The largest absolute Gasteiger partial charge is 0.353 e. The summed E-state index contributed by atoms with van der Waals surface area (Å²) in [7, 11) is 0. The molecule has 0 saturated carbocycles. The number of nitrogens with zero attached hydrogens (tertiary/aromatic N) is 1. The Bertz CT molecular complexity index is 652. The molecule has 1 unspecified atom stereocenters. The van der Waals surface area contributed by atoms with Gasteiger partial charge < -0.3 is 9.64 Å². The molecule has 1 aromatic rings. The number of ether oxygens (including phenoxy) is 1. The third-order valence-electron chi connectivity index (χ3n) is 4.02. The van der Waals surface area contributed by atoms with E-state index in [1.54, 1.807) is 11.0 Å². The van der Waals surface area contributed by atoms with Crippen LogP contribution in [0.25, 0.3) is 0 Å². The van der Waals surface area contributed by atoms with E-state index in [1.165, 1.54) is 5.57 Å². The number of halogens is 1. The standard InChI is InChI=1S/C17H18BrNO2/c1-4-8-19-14-7-5-6-13(18)15(14)17(16(19)20)10-11(2)9-12(3)21-17/h4-7,9,12H,1,8,10H2,2-3H3/t12-,17?/m1/s1. The lowest BCUT2D eigenvalue weighted by atomic mass is 9.85. The van der Waals surface area contributed by atoms with E-state index < -0.39 is 5.60 Å². The fourth-order valence-electron chi connectivity index (χ4n) is 3.40.